The SMILES string of the molecule is CN(CCC(=O)C(C)(C)C)C1CCC(C)(C)CC1. The highest BCUT2D eigenvalue weighted by Gasteiger charge is 2.29. The van der Waals surface area contributed by atoms with Crippen molar-refractivity contribution < 1.29 is 4.79 Å². The first-order valence-electron chi connectivity index (χ1n) is 7.35. The fourth-order valence-electron chi connectivity index (χ4n) is 2.66. The molecule has 0 amide bonds. The molecule has 1 aliphatic rings. The van der Waals surface area contributed by atoms with Gasteiger partial charge in [-0.3, -0.25) is 4.79 Å². The van der Waals surface area contributed by atoms with E-state index in [-0.39, 0.29) is 5.41 Å². The van der Waals surface area contributed by atoms with Crippen molar-refractivity contribution in [2.45, 2.75) is 72.8 Å². The Kier molecular flexibility index (Phi) is 4.99. The van der Waals surface area contributed by atoms with E-state index < -0.39 is 0 Å². The maximum Gasteiger partial charge on any atom is 0.139 e. The molecule has 2 nitrogen and oxygen atoms in total. The molecule has 0 aliphatic heterocycles. The van der Waals surface area contributed by atoms with Gasteiger partial charge in [0.2, 0.25) is 0 Å². The van der Waals surface area contributed by atoms with Gasteiger partial charge in [0.25, 0.3) is 0 Å². The van der Waals surface area contributed by atoms with Gasteiger partial charge in [-0.25, -0.2) is 0 Å². The van der Waals surface area contributed by atoms with Crippen molar-refractivity contribution in [2.75, 3.05) is 13.6 Å². The van der Waals surface area contributed by atoms with Crippen molar-refractivity contribution in [3.63, 3.8) is 0 Å². The zero-order valence-corrected chi connectivity index (χ0v) is 13.2. The Morgan fingerprint density at radius 1 is 1.22 bits per heavy atom. The topological polar surface area (TPSA) is 20.3 Å². The van der Waals surface area contributed by atoms with E-state index in [9.17, 15) is 4.79 Å². The minimum absolute atomic E-state index is 0.185. The van der Waals surface area contributed by atoms with Crippen LogP contribution in [0.5, 0.6) is 0 Å². The summed E-state index contributed by atoms with van der Waals surface area (Å²) in [5.41, 5.74) is 0.341. The lowest BCUT2D eigenvalue weighted by Gasteiger charge is -2.38. The van der Waals surface area contributed by atoms with Crippen LogP contribution in [0.15, 0.2) is 0 Å². The Balaban J connectivity index is 2.34. The molecule has 106 valence electrons. The van der Waals surface area contributed by atoms with Gasteiger partial charge in [0.1, 0.15) is 5.78 Å². The summed E-state index contributed by atoms with van der Waals surface area (Å²) in [5.74, 6) is 0.380. The van der Waals surface area contributed by atoms with Gasteiger partial charge in [-0.15, -0.1) is 0 Å². The molecule has 1 fully saturated rings. The summed E-state index contributed by atoms with van der Waals surface area (Å²) in [6, 6.07) is 0.686. The molecule has 0 aromatic rings. The van der Waals surface area contributed by atoms with Gasteiger partial charge in [-0.2, -0.15) is 0 Å². The molecule has 0 radical (unpaired) electrons. The zero-order chi connectivity index (χ0) is 14.0. The van der Waals surface area contributed by atoms with Crippen LogP contribution in [0.3, 0.4) is 0 Å². The van der Waals surface area contributed by atoms with Crippen LogP contribution in [0.4, 0.5) is 0 Å². The maximum absolute atomic E-state index is 11.9. The van der Waals surface area contributed by atoms with Crippen LogP contribution in [-0.2, 0) is 4.79 Å². The first-order valence-corrected chi connectivity index (χ1v) is 7.35. The molecule has 0 aromatic carbocycles. The van der Waals surface area contributed by atoms with Gasteiger partial charge >= 0.3 is 0 Å². The smallest absolute Gasteiger partial charge is 0.139 e. The van der Waals surface area contributed by atoms with Crippen LogP contribution in [-0.4, -0.2) is 30.3 Å². The predicted octanol–water partition coefficient (Wildman–Crippen LogP) is 3.89. The second kappa shape index (κ2) is 5.73. The van der Waals surface area contributed by atoms with Gasteiger partial charge in [-0.05, 0) is 38.1 Å². The Labute approximate surface area is 113 Å². The van der Waals surface area contributed by atoms with Crippen molar-refractivity contribution >= 4 is 5.78 Å². The summed E-state index contributed by atoms with van der Waals surface area (Å²) in [6.07, 6.45) is 5.89. The van der Waals surface area contributed by atoms with E-state index in [1.807, 2.05) is 20.8 Å². The summed E-state index contributed by atoms with van der Waals surface area (Å²) >= 11 is 0. The lowest BCUT2D eigenvalue weighted by molar-refractivity contribution is -0.126. The normalized spacial score (nSPS) is 21.3. The lowest BCUT2D eigenvalue weighted by Crippen LogP contribution is -2.39. The molecular formula is C16H31NO. The second-order valence-corrected chi connectivity index (χ2v) is 7.80. The van der Waals surface area contributed by atoms with Crippen LogP contribution < -0.4 is 0 Å². The highest BCUT2D eigenvalue weighted by Crippen LogP contribution is 2.36. The minimum atomic E-state index is -0.185. The first-order chi connectivity index (χ1) is 8.12. The van der Waals surface area contributed by atoms with Crippen LogP contribution in [0.25, 0.3) is 0 Å². The highest BCUT2D eigenvalue weighted by atomic mass is 16.1. The van der Waals surface area contributed by atoms with Crippen LogP contribution in [0, 0.1) is 10.8 Å². The summed E-state index contributed by atoms with van der Waals surface area (Å²) in [7, 11) is 2.18. The fraction of sp³-hybridized carbons (Fsp3) is 0.938. The number of hydrogen-bond acceptors (Lipinski definition) is 2. The van der Waals surface area contributed by atoms with Crippen LogP contribution in [0.1, 0.15) is 66.7 Å². The molecule has 18 heavy (non-hydrogen) atoms. The highest BCUT2D eigenvalue weighted by molar-refractivity contribution is 5.83. The van der Waals surface area contributed by atoms with E-state index in [4.69, 9.17) is 0 Å². The van der Waals surface area contributed by atoms with E-state index in [1.165, 1.54) is 25.7 Å². The Bertz CT molecular complexity index is 278. The predicted molar refractivity (Wildman–Crippen MR) is 77.7 cm³/mol. The van der Waals surface area contributed by atoms with E-state index in [0.717, 1.165) is 6.54 Å². The third-order valence-corrected chi connectivity index (χ3v) is 4.46. The molecule has 0 saturated heterocycles. The minimum Gasteiger partial charge on any atom is -0.303 e. The van der Waals surface area contributed by atoms with Crippen molar-refractivity contribution in [3.8, 4) is 0 Å². The van der Waals surface area contributed by atoms with E-state index in [1.54, 1.807) is 0 Å². The second-order valence-electron chi connectivity index (χ2n) is 7.80. The molecule has 0 aromatic heterocycles. The quantitative estimate of drug-likeness (QED) is 0.757. The number of rotatable bonds is 4. The number of carbonyl (C=O) groups excluding carboxylic acids is 1. The molecule has 0 spiro atoms. The van der Waals surface area contributed by atoms with Crippen molar-refractivity contribution in [1.82, 2.24) is 4.90 Å². The molecule has 1 aliphatic carbocycles. The van der Waals surface area contributed by atoms with E-state index in [0.29, 0.717) is 23.7 Å². The third kappa shape index (κ3) is 4.72. The average Bonchev–Trinajstić information content (AvgIpc) is 2.24. The average molecular weight is 253 g/mol. The van der Waals surface area contributed by atoms with Crippen LogP contribution >= 0.6 is 0 Å². The van der Waals surface area contributed by atoms with Gasteiger partial charge in [-0.1, -0.05) is 34.6 Å². The summed E-state index contributed by atoms with van der Waals surface area (Å²) in [6.45, 7) is 11.7. The number of ketones is 1. The van der Waals surface area contributed by atoms with E-state index >= 15 is 0 Å². The standard InChI is InChI=1S/C16H31NO/c1-15(2,3)14(18)9-12-17(6)13-7-10-16(4,5)11-8-13/h13H,7-12H2,1-6H3. The molecule has 2 heteroatoms. The van der Waals surface area contributed by atoms with Crippen LogP contribution in [0.2, 0.25) is 0 Å². The molecule has 0 N–H and O–H groups in total. The van der Waals surface area contributed by atoms with Gasteiger partial charge < -0.3 is 4.90 Å². The van der Waals surface area contributed by atoms with Crippen molar-refractivity contribution in [1.29, 1.82) is 0 Å². The zero-order valence-electron chi connectivity index (χ0n) is 13.2. The fourth-order valence-corrected chi connectivity index (χ4v) is 2.66. The molecule has 1 saturated carbocycles. The number of hydrogen-bond donors (Lipinski definition) is 0. The summed E-state index contributed by atoms with van der Waals surface area (Å²) in [5, 5.41) is 0. The summed E-state index contributed by atoms with van der Waals surface area (Å²) in [4.78, 5) is 14.3. The Hall–Kier alpha value is -0.370. The monoisotopic (exact) mass is 253 g/mol. The Morgan fingerprint density at radius 2 is 1.72 bits per heavy atom. The third-order valence-electron chi connectivity index (χ3n) is 4.46. The summed E-state index contributed by atoms with van der Waals surface area (Å²) < 4.78 is 0. The molecule has 0 bridgehead atoms. The number of carbonyl (C=O) groups is 1. The van der Waals surface area contributed by atoms with Gasteiger partial charge in [0.05, 0.1) is 0 Å². The Morgan fingerprint density at radius 3 is 2.17 bits per heavy atom. The van der Waals surface area contributed by atoms with Gasteiger partial charge in [0.15, 0.2) is 0 Å². The maximum atomic E-state index is 11.9. The molecule has 0 unspecified atom stereocenters. The molecule has 0 heterocycles. The lowest BCUT2D eigenvalue weighted by atomic mass is 9.75. The first kappa shape index (κ1) is 15.7. The van der Waals surface area contributed by atoms with Crippen molar-refractivity contribution in [2.24, 2.45) is 10.8 Å². The van der Waals surface area contributed by atoms with Crippen molar-refractivity contribution in [3.05, 3.63) is 0 Å². The largest absolute Gasteiger partial charge is 0.303 e. The number of Topliss-reactive ketones (excluding diaryl/α,β-unsaturated/α-hetero) is 1. The van der Waals surface area contributed by atoms with Gasteiger partial charge in [0, 0.05) is 24.4 Å². The number of nitrogens with zero attached hydrogens (tertiary/aromatic N) is 1. The molecule has 1 rings (SSSR count). The molecule has 0 atom stereocenters. The van der Waals surface area contributed by atoms with E-state index in [2.05, 4.69) is 25.8 Å². The molecular weight excluding hydrogens is 222 g/mol.